The van der Waals surface area contributed by atoms with Crippen LogP contribution in [0.3, 0.4) is 0 Å². The van der Waals surface area contributed by atoms with Crippen LogP contribution >= 0.6 is 0 Å². The van der Waals surface area contributed by atoms with Crippen LogP contribution in [0, 0.1) is 11.3 Å². The molecule has 7 heteroatoms. The van der Waals surface area contributed by atoms with Gasteiger partial charge in [0, 0.05) is 19.6 Å². The Bertz CT molecular complexity index is 485. The SMILES string of the molecule is CCOC(=O)C1CNC(=O)C12CCN(C(=O)OC(C)(C)C)C2. The van der Waals surface area contributed by atoms with Crippen LogP contribution in [0.1, 0.15) is 34.1 Å². The minimum Gasteiger partial charge on any atom is -0.466 e. The molecule has 2 rings (SSSR count). The number of amides is 2. The Labute approximate surface area is 130 Å². The third-order valence-electron chi connectivity index (χ3n) is 4.11. The van der Waals surface area contributed by atoms with Gasteiger partial charge in [-0.25, -0.2) is 4.79 Å². The van der Waals surface area contributed by atoms with Crippen LogP contribution in [-0.4, -0.2) is 54.7 Å². The fraction of sp³-hybridized carbons (Fsp3) is 0.800. The van der Waals surface area contributed by atoms with Crippen LogP contribution in [0.25, 0.3) is 0 Å². The van der Waals surface area contributed by atoms with Gasteiger partial charge in [-0.05, 0) is 34.1 Å². The second-order valence-corrected chi connectivity index (χ2v) is 6.82. The highest BCUT2D eigenvalue weighted by atomic mass is 16.6. The van der Waals surface area contributed by atoms with Crippen molar-refractivity contribution in [2.45, 2.75) is 39.7 Å². The lowest BCUT2D eigenvalue weighted by molar-refractivity contribution is -0.153. The summed E-state index contributed by atoms with van der Waals surface area (Å²) in [7, 11) is 0. The Kier molecular flexibility index (Phi) is 4.35. The van der Waals surface area contributed by atoms with Gasteiger partial charge in [0.25, 0.3) is 0 Å². The van der Waals surface area contributed by atoms with Gasteiger partial charge in [0.1, 0.15) is 5.60 Å². The normalized spacial score (nSPS) is 27.9. The van der Waals surface area contributed by atoms with Crippen molar-refractivity contribution in [3.8, 4) is 0 Å². The second kappa shape index (κ2) is 5.78. The molecule has 1 spiro atoms. The van der Waals surface area contributed by atoms with Gasteiger partial charge in [0.15, 0.2) is 0 Å². The molecule has 0 aromatic rings. The molecule has 2 fully saturated rings. The zero-order chi connectivity index (χ0) is 16.5. The van der Waals surface area contributed by atoms with Crippen LogP contribution in [0.4, 0.5) is 4.79 Å². The molecule has 0 aromatic heterocycles. The summed E-state index contributed by atoms with van der Waals surface area (Å²) in [5, 5.41) is 2.73. The van der Waals surface area contributed by atoms with Crippen LogP contribution in [0.5, 0.6) is 0 Å². The third-order valence-corrected chi connectivity index (χ3v) is 4.11. The van der Waals surface area contributed by atoms with E-state index in [0.717, 1.165) is 0 Å². The largest absolute Gasteiger partial charge is 0.466 e. The minimum atomic E-state index is -0.886. The third kappa shape index (κ3) is 3.03. The predicted molar refractivity (Wildman–Crippen MR) is 78.0 cm³/mol. The van der Waals surface area contributed by atoms with Crippen LogP contribution < -0.4 is 5.32 Å². The Balaban J connectivity index is 2.12. The van der Waals surface area contributed by atoms with Gasteiger partial charge in [-0.1, -0.05) is 0 Å². The maximum Gasteiger partial charge on any atom is 0.410 e. The molecule has 2 aliphatic rings. The highest BCUT2D eigenvalue weighted by molar-refractivity contribution is 5.93. The molecule has 0 saturated carbocycles. The van der Waals surface area contributed by atoms with E-state index in [-0.39, 0.29) is 31.6 Å². The fourth-order valence-electron chi connectivity index (χ4n) is 3.06. The maximum absolute atomic E-state index is 12.3. The first-order valence-electron chi connectivity index (χ1n) is 7.62. The van der Waals surface area contributed by atoms with E-state index in [1.54, 1.807) is 27.7 Å². The molecule has 0 aliphatic carbocycles. The molecule has 124 valence electrons. The summed E-state index contributed by atoms with van der Waals surface area (Å²) in [6, 6.07) is 0. The summed E-state index contributed by atoms with van der Waals surface area (Å²) in [6.45, 7) is 8.24. The van der Waals surface area contributed by atoms with Gasteiger partial charge >= 0.3 is 12.1 Å². The molecule has 2 unspecified atom stereocenters. The van der Waals surface area contributed by atoms with Crippen LogP contribution in [-0.2, 0) is 19.1 Å². The fourth-order valence-corrected chi connectivity index (χ4v) is 3.06. The number of nitrogens with zero attached hydrogens (tertiary/aromatic N) is 1. The van der Waals surface area contributed by atoms with Crippen LogP contribution in [0.15, 0.2) is 0 Å². The number of carbonyl (C=O) groups excluding carboxylic acids is 3. The summed E-state index contributed by atoms with van der Waals surface area (Å²) >= 11 is 0. The summed E-state index contributed by atoms with van der Waals surface area (Å²) in [5.41, 5.74) is -1.48. The Morgan fingerprint density at radius 2 is 2.09 bits per heavy atom. The van der Waals surface area contributed by atoms with Crippen molar-refractivity contribution in [3.05, 3.63) is 0 Å². The molecule has 0 aromatic carbocycles. The standard InChI is InChI=1S/C15H24N2O5/c1-5-21-11(18)10-8-16-12(19)15(10)6-7-17(9-15)13(20)22-14(2,3)4/h10H,5-9H2,1-4H3,(H,16,19). The van der Waals surface area contributed by atoms with Crippen molar-refractivity contribution in [1.29, 1.82) is 0 Å². The number of hydrogen-bond acceptors (Lipinski definition) is 5. The topological polar surface area (TPSA) is 84.9 Å². The molecule has 2 amide bonds. The van der Waals surface area contributed by atoms with Gasteiger partial charge in [0.05, 0.1) is 17.9 Å². The highest BCUT2D eigenvalue weighted by Gasteiger charge is 2.58. The zero-order valence-corrected chi connectivity index (χ0v) is 13.6. The molecule has 2 saturated heterocycles. The zero-order valence-electron chi connectivity index (χ0n) is 13.6. The lowest BCUT2D eigenvalue weighted by Gasteiger charge is -2.28. The van der Waals surface area contributed by atoms with Crippen molar-refractivity contribution >= 4 is 18.0 Å². The second-order valence-electron chi connectivity index (χ2n) is 6.82. The molecule has 0 radical (unpaired) electrons. The number of carbonyl (C=O) groups is 3. The van der Waals surface area contributed by atoms with Crippen molar-refractivity contribution in [1.82, 2.24) is 10.2 Å². The van der Waals surface area contributed by atoms with Gasteiger partial charge in [0.2, 0.25) is 5.91 Å². The average molecular weight is 312 g/mol. The molecule has 22 heavy (non-hydrogen) atoms. The van der Waals surface area contributed by atoms with E-state index in [1.165, 1.54) is 4.90 Å². The highest BCUT2D eigenvalue weighted by Crippen LogP contribution is 2.42. The van der Waals surface area contributed by atoms with Gasteiger partial charge in [-0.2, -0.15) is 0 Å². The molecule has 2 aliphatic heterocycles. The van der Waals surface area contributed by atoms with E-state index < -0.39 is 23.0 Å². The summed E-state index contributed by atoms with van der Waals surface area (Å²) in [6.07, 6.45) is -0.00616. The number of rotatable bonds is 2. The first-order valence-corrected chi connectivity index (χ1v) is 7.62. The summed E-state index contributed by atoms with van der Waals surface area (Å²) in [5.74, 6) is -1.11. The molecule has 0 bridgehead atoms. The first-order chi connectivity index (χ1) is 10.2. The molecular weight excluding hydrogens is 288 g/mol. The van der Waals surface area contributed by atoms with E-state index >= 15 is 0 Å². The minimum absolute atomic E-state index is 0.184. The number of hydrogen-bond donors (Lipinski definition) is 1. The monoisotopic (exact) mass is 312 g/mol. The Hall–Kier alpha value is -1.79. The van der Waals surface area contributed by atoms with E-state index in [9.17, 15) is 14.4 Å². The van der Waals surface area contributed by atoms with E-state index in [1.807, 2.05) is 0 Å². The number of likely N-dealkylation sites (tertiary alicyclic amines) is 1. The Morgan fingerprint density at radius 3 is 2.68 bits per heavy atom. The van der Waals surface area contributed by atoms with Gasteiger partial charge in [-0.3, -0.25) is 9.59 Å². The van der Waals surface area contributed by atoms with Gasteiger partial charge < -0.3 is 19.7 Å². The maximum atomic E-state index is 12.3. The quantitative estimate of drug-likeness (QED) is 0.767. The predicted octanol–water partition coefficient (Wildman–Crippen LogP) is 0.923. The smallest absolute Gasteiger partial charge is 0.410 e. The van der Waals surface area contributed by atoms with Crippen molar-refractivity contribution in [2.24, 2.45) is 11.3 Å². The van der Waals surface area contributed by atoms with E-state index in [4.69, 9.17) is 9.47 Å². The summed E-state index contributed by atoms with van der Waals surface area (Å²) in [4.78, 5) is 38.0. The molecule has 7 nitrogen and oxygen atoms in total. The summed E-state index contributed by atoms with van der Waals surface area (Å²) < 4.78 is 10.4. The molecular formula is C15H24N2O5. The lowest BCUT2D eigenvalue weighted by atomic mass is 9.76. The van der Waals surface area contributed by atoms with Crippen molar-refractivity contribution in [2.75, 3.05) is 26.2 Å². The van der Waals surface area contributed by atoms with Gasteiger partial charge in [-0.15, -0.1) is 0 Å². The van der Waals surface area contributed by atoms with E-state index in [2.05, 4.69) is 5.32 Å². The molecule has 2 atom stereocenters. The molecule has 2 heterocycles. The Morgan fingerprint density at radius 1 is 1.41 bits per heavy atom. The number of esters is 1. The van der Waals surface area contributed by atoms with Crippen molar-refractivity contribution < 1.29 is 23.9 Å². The van der Waals surface area contributed by atoms with Crippen molar-refractivity contribution in [3.63, 3.8) is 0 Å². The molecule has 1 N–H and O–H groups in total. The number of nitrogens with one attached hydrogen (secondary N) is 1. The number of ether oxygens (including phenoxy) is 2. The lowest BCUT2D eigenvalue weighted by Crippen LogP contribution is -2.43. The first kappa shape index (κ1) is 16.6. The van der Waals surface area contributed by atoms with E-state index in [0.29, 0.717) is 13.0 Å². The average Bonchev–Trinajstić information content (AvgIpc) is 2.95. The van der Waals surface area contributed by atoms with Crippen LogP contribution in [0.2, 0.25) is 0 Å².